The molecule has 0 spiro atoms. The largest absolute Gasteiger partial charge is 0.462 e. The van der Waals surface area contributed by atoms with E-state index in [0.29, 0.717) is 6.29 Å². The molecule has 0 atom stereocenters. The molecule has 0 aliphatic heterocycles. The fraction of sp³-hybridized carbons (Fsp3) is 0.182. The van der Waals surface area contributed by atoms with Crippen molar-refractivity contribution in [2.75, 3.05) is 6.61 Å². The van der Waals surface area contributed by atoms with Crippen molar-refractivity contribution in [3.05, 3.63) is 28.8 Å². The second kappa shape index (κ2) is 5.33. The van der Waals surface area contributed by atoms with Gasteiger partial charge in [-0.05, 0) is 19.1 Å². The van der Waals surface area contributed by atoms with Gasteiger partial charge in [-0.1, -0.05) is 0 Å². The number of ether oxygens (including phenoxy) is 1. The van der Waals surface area contributed by atoms with Gasteiger partial charge in [0.1, 0.15) is 6.07 Å². The first kappa shape index (κ1) is 12.3. The molecule has 0 amide bonds. The number of nitriles is 1. The van der Waals surface area contributed by atoms with Crippen LogP contribution >= 0.6 is 12.6 Å². The summed E-state index contributed by atoms with van der Waals surface area (Å²) in [6, 6.07) is 4.57. The van der Waals surface area contributed by atoms with E-state index < -0.39 is 5.97 Å². The number of carbonyl (C=O) groups excluding carboxylic acids is 2. The molecule has 0 aliphatic rings. The topological polar surface area (TPSA) is 67.2 Å². The van der Waals surface area contributed by atoms with Crippen molar-refractivity contribution in [1.82, 2.24) is 0 Å². The first-order chi connectivity index (χ1) is 7.63. The van der Waals surface area contributed by atoms with Crippen LogP contribution in [0.1, 0.15) is 33.2 Å². The standard InChI is InChI=1S/C11H9NO3S/c1-2-15-11(14)7-3-8(5-12)10(16)9(4-7)6-13/h3-4,6,16H,2H2,1H3. The fourth-order valence-corrected chi connectivity index (χ4v) is 1.40. The number of nitrogens with zero attached hydrogens (tertiary/aromatic N) is 1. The molecular formula is C11H9NO3S. The lowest BCUT2D eigenvalue weighted by Crippen LogP contribution is -2.06. The Morgan fingerprint density at radius 2 is 2.31 bits per heavy atom. The molecule has 0 unspecified atom stereocenters. The fourth-order valence-electron chi connectivity index (χ4n) is 1.16. The minimum Gasteiger partial charge on any atom is -0.462 e. The SMILES string of the molecule is CCOC(=O)c1cc(C#N)c(S)c(C=O)c1. The van der Waals surface area contributed by atoms with Crippen LogP contribution in [0.25, 0.3) is 0 Å². The Morgan fingerprint density at radius 1 is 1.62 bits per heavy atom. The Balaban J connectivity index is 3.28. The van der Waals surface area contributed by atoms with Gasteiger partial charge in [-0.2, -0.15) is 5.26 Å². The molecule has 0 bridgehead atoms. The van der Waals surface area contributed by atoms with Crippen LogP contribution in [0.3, 0.4) is 0 Å². The van der Waals surface area contributed by atoms with Crippen LogP contribution in [0, 0.1) is 11.3 Å². The average molecular weight is 235 g/mol. The van der Waals surface area contributed by atoms with E-state index in [4.69, 9.17) is 10.00 Å². The van der Waals surface area contributed by atoms with Gasteiger partial charge in [0.05, 0.1) is 17.7 Å². The quantitative estimate of drug-likeness (QED) is 0.493. The van der Waals surface area contributed by atoms with E-state index >= 15 is 0 Å². The van der Waals surface area contributed by atoms with Crippen molar-refractivity contribution >= 4 is 24.9 Å². The first-order valence-electron chi connectivity index (χ1n) is 4.53. The number of esters is 1. The van der Waals surface area contributed by atoms with Crippen molar-refractivity contribution in [3.63, 3.8) is 0 Å². The van der Waals surface area contributed by atoms with E-state index in [1.54, 1.807) is 6.92 Å². The van der Waals surface area contributed by atoms with Gasteiger partial charge in [0.2, 0.25) is 0 Å². The Labute approximate surface area is 98.2 Å². The van der Waals surface area contributed by atoms with Gasteiger partial charge < -0.3 is 4.74 Å². The van der Waals surface area contributed by atoms with Crippen LogP contribution in [-0.2, 0) is 4.74 Å². The summed E-state index contributed by atoms with van der Waals surface area (Å²) in [4.78, 5) is 22.4. The minimum atomic E-state index is -0.560. The van der Waals surface area contributed by atoms with Crippen molar-refractivity contribution in [1.29, 1.82) is 5.26 Å². The zero-order valence-corrected chi connectivity index (χ0v) is 9.45. The second-order valence-corrected chi connectivity index (χ2v) is 3.36. The van der Waals surface area contributed by atoms with Crippen molar-refractivity contribution < 1.29 is 14.3 Å². The first-order valence-corrected chi connectivity index (χ1v) is 4.98. The van der Waals surface area contributed by atoms with Crippen LogP contribution in [0.15, 0.2) is 17.0 Å². The molecule has 0 heterocycles. The van der Waals surface area contributed by atoms with Crippen molar-refractivity contribution in [2.45, 2.75) is 11.8 Å². The van der Waals surface area contributed by atoms with Crippen LogP contribution < -0.4 is 0 Å². The smallest absolute Gasteiger partial charge is 0.338 e. The number of carbonyl (C=O) groups is 2. The van der Waals surface area contributed by atoms with Gasteiger partial charge in [-0.3, -0.25) is 4.79 Å². The average Bonchev–Trinajstić information content (AvgIpc) is 2.29. The lowest BCUT2D eigenvalue weighted by atomic mass is 10.1. The molecule has 0 saturated carbocycles. The Hall–Kier alpha value is -1.80. The molecule has 1 aromatic rings. The summed E-state index contributed by atoms with van der Waals surface area (Å²) in [5, 5.41) is 8.81. The number of benzene rings is 1. The van der Waals surface area contributed by atoms with E-state index in [1.807, 2.05) is 6.07 Å². The third kappa shape index (κ3) is 2.41. The molecule has 16 heavy (non-hydrogen) atoms. The van der Waals surface area contributed by atoms with Gasteiger partial charge >= 0.3 is 5.97 Å². The molecule has 82 valence electrons. The second-order valence-electron chi connectivity index (χ2n) is 2.91. The summed E-state index contributed by atoms with van der Waals surface area (Å²) in [5.41, 5.74) is 0.555. The lowest BCUT2D eigenvalue weighted by Gasteiger charge is -2.05. The van der Waals surface area contributed by atoms with E-state index in [0.717, 1.165) is 0 Å². The van der Waals surface area contributed by atoms with Gasteiger partial charge in [0.25, 0.3) is 0 Å². The van der Waals surface area contributed by atoms with Gasteiger partial charge in [-0.25, -0.2) is 4.79 Å². The highest BCUT2D eigenvalue weighted by molar-refractivity contribution is 7.80. The van der Waals surface area contributed by atoms with Crippen molar-refractivity contribution in [2.24, 2.45) is 0 Å². The molecule has 0 saturated heterocycles. The highest BCUT2D eigenvalue weighted by Crippen LogP contribution is 2.20. The third-order valence-corrected chi connectivity index (χ3v) is 2.40. The number of hydrogen-bond donors (Lipinski definition) is 1. The summed E-state index contributed by atoms with van der Waals surface area (Å²) in [6.07, 6.45) is 0.548. The maximum absolute atomic E-state index is 11.4. The number of aldehydes is 1. The molecule has 5 heteroatoms. The summed E-state index contributed by atoms with van der Waals surface area (Å²) < 4.78 is 4.78. The van der Waals surface area contributed by atoms with Gasteiger partial charge in [0.15, 0.2) is 6.29 Å². The van der Waals surface area contributed by atoms with Gasteiger partial charge in [-0.15, -0.1) is 12.6 Å². The predicted molar refractivity (Wildman–Crippen MR) is 59.8 cm³/mol. The number of thiol groups is 1. The monoisotopic (exact) mass is 235 g/mol. The van der Waals surface area contributed by atoms with Crippen LogP contribution in [0.2, 0.25) is 0 Å². The third-order valence-electron chi connectivity index (χ3n) is 1.90. The lowest BCUT2D eigenvalue weighted by molar-refractivity contribution is 0.0526. The predicted octanol–water partition coefficient (Wildman–Crippen LogP) is 1.84. The molecule has 0 fully saturated rings. The summed E-state index contributed by atoms with van der Waals surface area (Å²) in [6.45, 7) is 1.91. The molecule has 1 aromatic carbocycles. The van der Waals surface area contributed by atoms with Crippen LogP contribution in [0.4, 0.5) is 0 Å². The van der Waals surface area contributed by atoms with E-state index in [-0.39, 0.29) is 28.2 Å². The molecular weight excluding hydrogens is 226 g/mol. The van der Waals surface area contributed by atoms with Gasteiger partial charge in [0, 0.05) is 10.5 Å². The Kier molecular flexibility index (Phi) is 4.09. The number of rotatable bonds is 3. The van der Waals surface area contributed by atoms with Crippen LogP contribution in [-0.4, -0.2) is 18.9 Å². The summed E-state index contributed by atoms with van der Waals surface area (Å²) in [5.74, 6) is -0.560. The molecule has 0 N–H and O–H groups in total. The van der Waals surface area contributed by atoms with Crippen LogP contribution in [0.5, 0.6) is 0 Å². The highest BCUT2D eigenvalue weighted by Gasteiger charge is 2.13. The zero-order chi connectivity index (χ0) is 12.1. The Morgan fingerprint density at radius 3 is 2.81 bits per heavy atom. The molecule has 4 nitrogen and oxygen atoms in total. The van der Waals surface area contributed by atoms with E-state index in [9.17, 15) is 9.59 Å². The molecule has 0 aromatic heterocycles. The number of hydrogen-bond acceptors (Lipinski definition) is 5. The Bertz CT molecular complexity index is 477. The maximum atomic E-state index is 11.4. The highest BCUT2D eigenvalue weighted by atomic mass is 32.1. The zero-order valence-electron chi connectivity index (χ0n) is 8.56. The van der Waals surface area contributed by atoms with Crippen molar-refractivity contribution in [3.8, 4) is 6.07 Å². The summed E-state index contributed by atoms with van der Waals surface area (Å²) in [7, 11) is 0. The molecule has 0 aliphatic carbocycles. The van der Waals surface area contributed by atoms with E-state index in [1.165, 1.54) is 12.1 Å². The molecule has 1 rings (SSSR count). The summed E-state index contributed by atoms with van der Waals surface area (Å²) >= 11 is 4.03. The molecule has 0 radical (unpaired) electrons. The maximum Gasteiger partial charge on any atom is 0.338 e. The van der Waals surface area contributed by atoms with E-state index in [2.05, 4.69) is 12.6 Å². The normalized spacial score (nSPS) is 9.31. The minimum absolute atomic E-state index is 0.177.